The molecule has 1 saturated heterocycles. The van der Waals surface area contributed by atoms with E-state index < -0.39 is 0 Å². The van der Waals surface area contributed by atoms with Gasteiger partial charge in [-0.05, 0) is 32.3 Å². The van der Waals surface area contributed by atoms with Gasteiger partial charge in [-0.1, -0.05) is 13.3 Å². The van der Waals surface area contributed by atoms with Crippen molar-refractivity contribution in [2.24, 2.45) is 0 Å². The largest absolute Gasteiger partial charge is 0.376 e. The Bertz CT molecular complexity index is 501. The molecule has 2 heterocycles. The third kappa shape index (κ3) is 4.66. The second-order valence-electron chi connectivity index (χ2n) is 5.81. The van der Waals surface area contributed by atoms with E-state index in [0.29, 0.717) is 18.2 Å². The minimum absolute atomic E-state index is 0.138. The molecule has 1 atom stereocenters. The number of ether oxygens (including phenoxy) is 1. The fourth-order valence-corrected chi connectivity index (χ4v) is 2.44. The lowest BCUT2D eigenvalue weighted by atomic mass is 10.2. The summed E-state index contributed by atoms with van der Waals surface area (Å²) in [4.78, 5) is 23.1. The number of carbonyl (C=O) groups is 1. The molecule has 6 heteroatoms. The van der Waals surface area contributed by atoms with Crippen LogP contribution in [0.4, 0.5) is 5.95 Å². The van der Waals surface area contributed by atoms with Crippen molar-refractivity contribution in [3.05, 3.63) is 17.5 Å². The molecule has 2 rings (SSSR count). The quantitative estimate of drug-likeness (QED) is 0.833. The summed E-state index contributed by atoms with van der Waals surface area (Å²) in [6.07, 6.45) is 4.41. The average Bonchev–Trinajstić information content (AvgIpc) is 3.03. The van der Waals surface area contributed by atoms with E-state index in [4.69, 9.17) is 4.74 Å². The van der Waals surface area contributed by atoms with Crippen LogP contribution in [0, 0.1) is 6.92 Å². The van der Waals surface area contributed by atoms with Gasteiger partial charge in [0.2, 0.25) is 5.95 Å². The Morgan fingerprint density at radius 3 is 3.00 bits per heavy atom. The molecule has 0 saturated carbocycles. The maximum Gasteiger partial charge on any atom is 0.270 e. The first-order valence-corrected chi connectivity index (χ1v) is 8.06. The molecule has 1 aromatic rings. The number of hydrogen-bond acceptors (Lipinski definition) is 5. The predicted octanol–water partition coefficient (Wildman–Crippen LogP) is 1.93. The number of nitrogens with zero attached hydrogens (tertiary/aromatic N) is 3. The summed E-state index contributed by atoms with van der Waals surface area (Å²) in [5, 5.41) is 2.90. The third-order valence-electron chi connectivity index (χ3n) is 3.78. The zero-order chi connectivity index (χ0) is 15.9. The molecule has 0 bridgehead atoms. The number of hydrogen-bond donors (Lipinski definition) is 1. The van der Waals surface area contributed by atoms with Crippen LogP contribution in [0.15, 0.2) is 6.07 Å². The Morgan fingerprint density at radius 1 is 1.50 bits per heavy atom. The molecule has 1 aromatic heterocycles. The molecule has 0 spiro atoms. The highest BCUT2D eigenvalue weighted by atomic mass is 16.5. The molecule has 1 fully saturated rings. The van der Waals surface area contributed by atoms with Crippen LogP contribution in [0.25, 0.3) is 0 Å². The molecule has 0 aliphatic carbocycles. The number of rotatable bonds is 7. The van der Waals surface area contributed by atoms with Crippen LogP contribution in [0.3, 0.4) is 0 Å². The molecule has 0 radical (unpaired) electrons. The van der Waals surface area contributed by atoms with Crippen LogP contribution in [-0.2, 0) is 4.74 Å². The average molecular weight is 306 g/mol. The number of amides is 1. The molecule has 1 unspecified atom stereocenters. The Morgan fingerprint density at radius 2 is 2.32 bits per heavy atom. The Kier molecular flexibility index (Phi) is 6.12. The van der Waals surface area contributed by atoms with E-state index in [0.717, 1.165) is 44.5 Å². The lowest BCUT2D eigenvalue weighted by Crippen LogP contribution is -2.33. The highest BCUT2D eigenvalue weighted by Crippen LogP contribution is 2.12. The molecular weight excluding hydrogens is 280 g/mol. The second-order valence-corrected chi connectivity index (χ2v) is 5.81. The zero-order valence-electron chi connectivity index (χ0n) is 13.8. The van der Waals surface area contributed by atoms with E-state index in [1.54, 1.807) is 6.07 Å². The molecule has 122 valence electrons. The minimum Gasteiger partial charge on any atom is -0.376 e. The first-order chi connectivity index (χ1) is 10.6. The van der Waals surface area contributed by atoms with Gasteiger partial charge in [-0.2, -0.15) is 0 Å². The highest BCUT2D eigenvalue weighted by molar-refractivity contribution is 5.92. The molecule has 6 nitrogen and oxygen atoms in total. The van der Waals surface area contributed by atoms with E-state index in [2.05, 4.69) is 22.2 Å². The fourth-order valence-electron chi connectivity index (χ4n) is 2.44. The Balaban J connectivity index is 1.99. The van der Waals surface area contributed by atoms with Crippen molar-refractivity contribution in [1.82, 2.24) is 15.3 Å². The van der Waals surface area contributed by atoms with Crippen LogP contribution in [0.2, 0.25) is 0 Å². The van der Waals surface area contributed by atoms with Crippen molar-refractivity contribution >= 4 is 11.9 Å². The number of unbranched alkanes of at least 4 members (excludes halogenated alkanes) is 1. The zero-order valence-corrected chi connectivity index (χ0v) is 13.8. The van der Waals surface area contributed by atoms with Gasteiger partial charge in [0.1, 0.15) is 5.69 Å². The number of aryl methyl sites for hydroxylation is 1. The van der Waals surface area contributed by atoms with Crippen molar-refractivity contribution < 1.29 is 9.53 Å². The molecular formula is C16H26N4O2. The van der Waals surface area contributed by atoms with Crippen molar-refractivity contribution in [2.75, 3.05) is 31.6 Å². The summed E-state index contributed by atoms with van der Waals surface area (Å²) in [6, 6.07) is 1.72. The lowest BCUT2D eigenvalue weighted by Gasteiger charge is -2.18. The van der Waals surface area contributed by atoms with E-state index >= 15 is 0 Å². The van der Waals surface area contributed by atoms with E-state index in [9.17, 15) is 4.79 Å². The van der Waals surface area contributed by atoms with Gasteiger partial charge in [0.05, 0.1) is 6.10 Å². The molecule has 1 aliphatic heterocycles. The lowest BCUT2D eigenvalue weighted by molar-refractivity contribution is 0.0853. The van der Waals surface area contributed by atoms with Crippen LogP contribution in [0.1, 0.15) is 48.8 Å². The van der Waals surface area contributed by atoms with Gasteiger partial charge in [-0.25, -0.2) is 9.97 Å². The van der Waals surface area contributed by atoms with E-state index in [1.807, 2.05) is 18.9 Å². The van der Waals surface area contributed by atoms with Gasteiger partial charge in [-0.3, -0.25) is 4.79 Å². The smallest absolute Gasteiger partial charge is 0.270 e. The predicted molar refractivity (Wildman–Crippen MR) is 86.3 cm³/mol. The summed E-state index contributed by atoms with van der Waals surface area (Å²) in [5.41, 5.74) is 1.22. The van der Waals surface area contributed by atoms with Crippen LogP contribution < -0.4 is 10.2 Å². The van der Waals surface area contributed by atoms with Crippen molar-refractivity contribution in [2.45, 2.75) is 45.6 Å². The van der Waals surface area contributed by atoms with Gasteiger partial charge >= 0.3 is 0 Å². The fraction of sp³-hybridized carbons (Fsp3) is 0.688. The minimum atomic E-state index is -0.161. The van der Waals surface area contributed by atoms with E-state index in [-0.39, 0.29) is 12.0 Å². The maximum absolute atomic E-state index is 12.3. The third-order valence-corrected chi connectivity index (χ3v) is 3.78. The number of carbonyl (C=O) groups excluding carboxylic acids is 1. The van der Waals surface area contributed by atoms with Crippen LogP contribution >= 0.6 is 0 Å². The molecule has 1 aliphatic rings. The SMILES string of the molecule is CCCCN(C)c1nc(C)cc(C(=O)NCC2CCCO2)n1. The summed E-state index contributed by atoms with van der Waals surface area (Å²) in [5.74, 6) is 0.446. The molecule has 0 aromatic carbocycles. The summed E-state index contributed by atoms with van der Waals surface area (Å²) < 4.78 is 5.51. The normalized spacial score (nSPS) is 17.5. The first kappa shape index (κ1) is 16.7. The van der Waals surface area contributed by atoms with Crippen molar-refractivity contribution in [1.29, 1.82) is 0 Å². The maximum atomic E-state index is 12.3. The van der Waals surface area contributed by atoms with Gasteiger partial charge in [0.15, 0.2) is 0 Å². The monoisotopic (exact) mass is 306 g/mol. The highest BCUT2D eigenvalue weighted by Gasteiger charge is 2.18. The molecule has 1 N–H and O–H groups in total. The first-order valence-electron chi connectivity index (χ1n) is 8.06. The Labute approximate surface area is 132 Å². The summed E-state index contributed by atoms with van der Waals surface area (Å²) >= 11 is 0. The van der Waals surface area contributed by atoms with Gasteiger partial charge in [-0.15, -0.1) is 0 Å². The van der Waals surface area contributed by atoms with Crippen molar-refractivity contribution in [3.63, 3.8) is 0 Å². The Hall–Kier alpha value is -1.69. The molecule has 22 heavy (non-hydrogen) atoms. The number of anilines is 1. The summed E-state index contributed by atoms with van der Waals surface area (Å²) in [6.45, 7) is 6.25. The second kappa shape index (κ2) is 8.08. The number of nitrogens with one attached hydrogen (secondary N) is 1. The van der Waals surface area contributed by atoms with Gasteiger partial charge < -0.3 is 15.0 Å². The van der Waals surface area contributed by atoms with Crippen LogP contribution in [0.5, 0.6) is 0 Å². The topological polar surface area (TPSA) is 67.4 Å². The molecule has 1 amide bonds. The van der Waals surface area contributed by atoms with Gasteiger partial charge in [0, 0.05) is 32.4 Å². The van der Waals surface area contributed by atoms with Crippen molar-refractivity contribution in [3.8, 4) is 0 Å². The summed E-state index contributed by atoms with van der Waals surface area (Å²) in [7, 11) is 1.96. The van der Waals surface area contributed by atoms with Crippen LogP contribution in [-0.4, -0.2) is 48.7 Å². The number of aromatic nitrogens is 2. The van der Waals surface area contributed by atoms with Gasteiger partial charge in [0.25, 0.3) is 5.91 Å². The standard InChI is InChI=1S/C16H26N4O2/c1-4-5-8-20(3)16-18-12(2)10-14(19-16)15(21)17-11-13-7-6-9-22-13/h10,13H,4-9,11H2,1-3H3,(H,17,21). The van der Waals surface area contributed by atoms with E-state index in [1.165, 1.54) is 0 Å².